The third-order valence-corrected chi connectivity index (χ3v) is 4.97. The highest BCUT2D eigenvalue weighted by Crippen LogP contribution is 2.24. The van der Waals surface area contributed by atoms with Gasteiger partial charge in [-0.3, -0.25) is 9.59 Å². The van der Waals surface area contributed by atoms with Gasteiger partial charge in [0.25, 0.3) is 0 Å². The van der Waals surface area contributed by atoms with Gasteiger partial charge in [0.2, 0.25) is 11.8 Å². The summed E-state index contributed by atoms with van der Waals surface area (Å²) in [5.74, 6) is 0.553. The standard InChI is InChI=1S/C18H24N2O3/c19-17(21)15-3-1-13(2-4-15)11-14-5-8-20(9-6-14)18(22)16-7-10-23-12-16/h1-4,14,16H,5-12H2,(H2,19,21). The molecule has 23 heavy (non-hydrogen) atoms. The smallest absolute Gasteiger partial charge is 0.248 e. The molecule has 1 atom stereocenters. The second-order valence-electron chi connectivity index (χ2n) is 6.59. The van der Waals surface area contributed by atoms with Gasteiger partial charge in [-0.25, -0.2) is 0 Å². The third-order valence-electron chi connectivity index (χ3n) is 4.97. The molecular formula is C18H24N2O3. The molecule has 124 valence electrons. The fraction of sp³-hybridized carbons (Fsp3) is 0.556. The van der Waals surface area contributed by atoms with Gasteiger partial charge in [-0.05, 0) is 49.3 Å². The van der Waals surface area contributed by atoms with Gasteiger partial charge in [-0.2, -0.15) is 0 Å². The Labute approximate surface area is 136 Å². The third kappa shape index (κ3) is 3.91. The molecule has 1 unspecified atom stereocenters. The minimum absolute atomic E-state index is 0.0768. The summed E-state index contributed by atoms with van der Waals surface area (Å²) in [7, 11) is 0. The van der Waals surface area contributed by atoms with Crippen LogP contribution in [0.15, 0.2) is 24.3 Å². The van der Waals surface area contributed by atoms with Crippen molar-refractivity contribution in [1.29, 1.82) is 0 Å². The number of hydrogen-bond donors (Lipinski definition) is 1. The summed E-state index contributed by atoms with van der Waals surface area (Å²) in [6.07, 6.45) is 3.94. The minimum atomic E-state index is -0.390. The molecule has 2 aliphatic rings. The van der Waals surface area contributed by atoms with Crippen LogP contribution in [0.3, 0.4) is 0 Å². The van der Waals surface area contributed by atoms with Crippen molar-refractivity contribution in [3.63, 3.8) is 0 Å². The Morgan fingerprint density at radius 2 is 1.83 bits per heavy atom. The average Bonchev–Trinajstić information content (AvgIpc) is 3.10. The predicted octanol–water partition coefficient (Wildman–Crippen LogP) is 1.60. The number of carbonyl (C=O) groups excluding carboxylic acids is 2. The summed E-state index contributed by atoms with van der Waals surface area (Å²) in [6.45, 7) is 3.00. The van der Waals surface area contributed by atoms with Crippen LogP contribution < -0.4 is 5.73 Å². The number of nitrogens with two attached hydrogens (primary N) is 1. The van der Waals surface area contributed by atoms with Crippen LogP contribution in [0.1, 0.15) is 35.2 Å². The zero-order valence-corrected chi connectivity index (χ0v) is 13.4. The van der Waals surface area contributed by atoms with Gasteiger partial charge in [-0.1, -0.05) is 12.1 Å². The van der Waals surface area contributed by atoms with E-state index in [1.165, 1.54) is 5.56 Å². The summed E-state index contributed by atoms with van der Waals surface area (Å²) < 4.78 is 5.32. The van der Waals surface area contributed by atoms with Crippen molar-refractivity contribution in [1.82, 2.24) is 4.90 Å². The molecule has 5 nitrogen and oxygen atoms in total. The van der Waals surface area contributed by atoms with Gasteiger partial charge >= 0.3 is 0 Å². The maximum Gasteiger partial charge on any atom is 0.248 e. The summed E-state index contributed by atoms with van der Waals surface area (Å²) in [5.41, 5.74) is 7.03. The monoisotopic (exact) mass is 316 g/mol. The van der Waals surface area contributed by atoms with Crippen molar-refractivity contribution in [2.45, 2.75) is 25.7 Å². The van der Waals surface area contributed by atoms with E-state index >= 15 is 0 Å². The highest BCUT2D eigenvalue weighted by molar-refractivity contribution is 5.92. The van der Waals surface area contributed by atoms with Crippen LogP contribution in [0.4, 0.5) is 0 Å². The molecule has 5 heteroatoms. The number of amides is 2. The molecule has 0 aliphatic carbocycles. The zero-order chi connectivity index (χ0) is 16.2. The van der Waals surface area contributed by atoms with E-state index in [4.69, 9.17) is 10.5 Å². The molecule has 2 aliphatic heterocycles. The summed E-state index contributed by atoms with van der Waals surface area (Å²) in [6, 6.07) is 7.54. The van der Waals surface area contributed by atoms with Gasteiger partial charge in [0.1, 0.15) is 0 Å². The lowest BCUT2D eigenvalue weighted by molar-refractivity contribution is -0.136. The molecule has 0 saturated carbocycles. The largest absolute Gasteiger partial charge is 0.381 e. The van der Waals surface area contributed by atoms with E-state index in [1.54, 1.807) is 12.1 Å². The van der Waals surface area contributed by atoms with E-state index in [1.807, 2.05) is 17.0 Å². The lowest BCUT2D eigenvalue weighted by atomic mass is 9.89. The fourth-order valence-electron chi connectivity index (χ4n) is 3.48. The molecule has 2 heterocycles. The van der Waals surface area contributed by atoms with E-state index in [-0.39, 0.29) is 17.7 Å². The minimum Gasteiger partial charge on any atom is -0.381 e. The molecule has 3 rings (SSSR count). The number of rotatable bonds is 4. The van der Waals surface area contributed by atoms with Crippen LogP contribution in [0.2, 0.25) is 0 Å². The Bertz CT molecular complexity index is 556. The zero-order valence-electron chi connectivity index (χ0n) is 13.4. The van der Waals surface area contributed by atoms with E-state index in [0.29, 0.717) is 24.7 Å². The van der Waals surface area contributed by atoms with E-state index in [0.717, 1.165) is 38.8 Å². The van der Waals surface area contributed by atoms with E-state index < -0.39 is 0 Å². The first kappa shape index (κ1) is 16.0. The van der Waals surface area contributed by atoms with E-state index in [2.05, 4.69) is 0 Å². The Hall–Kier alpha value is -1.88. The lowest BCUT2D eigenvalue weighted by Gasteiger charge is -2.33. The number of ether oxygens (including phenoxy) is 1. The van der Waals surface area contributed by atoms with Crippen molar-refractivity contribution < 1.29 is 14.3 Å². The van der Waals surface area contributed by atoms with Crippen molar-refractivity contribution >= 4 is 11.8 Å². The quantitative estimate of drug-likeness (QED) is 0.917. The van der Waals surface area contributed by atoms with Crippen LogP contribution in [0.25, 0.3) is 0 Å². The number of hydrogen-bond acceptors (Lipinski definition) is 3. The molecule has 1 aromatic rings. The number of nitrogens with zero attached hydrogens (tertiary/aromatic N) is 1. The van der Waals surface area contributed by atoms with Crippen LogP contribution >= 0.6 is 0 Å². The van der Waals surface area contributed by atoms with Gasteiger partial charge < -0.3 is 15.4 Å². The molecule has 0 spiro atoms. The van der Waals surface area contributed by atoms with Crippen molar-refractivity contribution in [2.75, 3.05) is 26.3 Å². The Balaban J connectivity index is 1.48. The number of benzene rings is 1. The number of piperidine rings is 1. The maximum atomic E-state index is 12.4. The Morgan fingerprint density at radius 3 is 2.39 bits per heavy atom. The molecule has 0 bridgehead atoms. The fourth-order valence-corrected chi connectivity index (χ4v) is 3.48. The second kappa shape index (κ2) is 7.13. The topological polar surface area (TPSA) is 72.6 Å². The lowest BCUT2D eigenvalue weighted by Crippen LogP contribution is -2.42. The summed E-state index contributed by atoms with van der Waals surface area (Å²) in [5, 5.41) is 0. The predicted molar refractivity (Wildman–Crippen MR) is 86.9 cm³/mol. The molecule has 2 saturated heterocycles. The molecule has 0 radical (unpaired) electrons. The molecule has 2 amide bonds. The van der Waals surface area contributed by atoms with Crippen molar-refractivity contribution in [3.05, 3.63) is 35.4 Å². The average molecular weight is 316 g/mol. The van der Waals surface area contributed by atoms with Crippen molar-refractivity contribution in [3.8, 4) is 0 Å². The van der Waals surface area contributed by atoms with Crippen LogP contribution in [0, 0.1) is 11.8 Å². The van der Waals surface area contributed by atoms with Gasteiger partial charge in [0, 0.05) is 25.3 Å². The van der Waals surface area contributed by atoms with Crippen molar-refractivity contribution in [2.24, 2.45) is 17.6 Å². The number of primary amides is 1. The Morgan fingerprint density at radius 1 is 1.13 bits per heavy atom. The number of likely N-dealkylation sites (tertiary alicyclic amines) is 1. The summed E-state index contributed by atoms with van der Waals surface area (Å²) >= 11 is 0. The maximum absolute atomic E-state index is 12.4. The first-order valence-electron chi connectivity index (χ1n) is 8.39. The molecule has 1 aromatic carbocycles. The molecule has 0 aromatic heterocycles. The number of carbonyl (C=O) groups is 2. The van der Waals surface area contributed by atoms with Crippen LogP contribution in [-0.4, -0.2) is 43.0 Å². The highest BCUT2D eigenvalue weighted by Gasteiger charge is 2.30. The SMILES string of the molecule is NC(=O)c1ccc(CC2CCN(C(=O)C3CCOC3)CC2)cc1. The van der Waals surface area contributed by atoms with E-state index in [9.17, 15) is 9.59 Å². The molecular weight excluding hydrogens is 292 g/mol. The molecule has 2 fully saturated rings. The first-order valence-corrected chi connectivity index (χ1v) is 8.39. The first-order chi connectivity index (χ1) is 11.1. The van der Waals surface area contributed by atoms with Crippen LogP contribution in [-0.2, 0) is 16.0 Å². The Kier molecular flexibility index (Phi) is 4.96. The summed E-state index contributed by atoms with van der Waals surface area (Å²) in [4.78, 5) is 25.5. The second-order valence-corrected chi connectivity index (χ2v) is 6.59. The van der Waals surface area contributed by atoms with Gasteiger partial charge in [0.15, 0.2) is 0 Å². The highest BCUT2D eigenvalue weighted by atomic mass is 16.5. The molecule has 2 N–H and O–H groups in total. The van der Waals surface area contributed by atoms with Gasteiger partial charge in [-0.15, -0.1) is 0 Å². The van der Waals surface area contributed by atoms with Crippen LogP contribution in [0.5, 0.6) is 0 Å². The normalized spacial score (nSPS) is 22.3. The van der Waals surface area contributed by atoms with Gasteiger partial charge in [0.05, 0.1) is 12.5 Å².